The highest BCUT2D eigenvalue weighted by Gasteiger charge is 2.15. The smallest absolute Gasteiger partial charge is 0.240 e. The van der Waals surface area contributed by atoms with E-state index in [9.17, 15) is 8.42 Å². The quantitative estimate of drug-likeness (QED) is 0.745. The second kappa shape index (κ2) is 6.62. The van der Waals surface area contributed by atoms with E-state index in [1.54, 1.807) is 12.1 Å². The lowest BCUT2D eigenvalue weighted by atomic mass is 10.3. The largest absolute Gasteiger partial charge is 0.494 e. The zero-order valence-electron chi connectivity index (χ0n) is 13.6. The number of rotatable bonds is 6. The molecule has 1 N–H and O–H groups in total. The van der Waals surface area contributed by atoms with Gasteiger partial charge in [-0.1, -0.05) is 6.07 Å². The maximum Gasteiger partial charge on any atom is 0.240 e. The van der Waals surface area contributed by atoms with E-state index in [0.29, 0.717) is 18.1 Å². The number of imidazole rings is 1. The van der Waals surface area contributed by atoms with E-state index in [0.717, 1.165) is 11.2 Å². The van der Waals surface area contributed by atoms with Gasteiger partial charge in [-0.2, -0.15) is 0 Å². The molecule has 7 heteroatoms. The highest BCUT2D eigenvalue weighted by atomic mass is 32.2. The van der Waals surface area contributed by atoms with Gasteiger partial charge in [-0.05, 0) is 49.7 Å². The summed E-state index contributed by atoms with van der Waals surface area (Å²) >= 11 is 0. The van der Waals surface area contributed by atoms with Crippen LogP contribution in [0.4, 0.5) is 0 Å². The second-order valence-corrected chi connectivity index (χ2v) is 7.15. The molecule has 0 saturated heterocycles. The third-order valence-corrected chi connectivity index (χ3v) is 5.03. The fourth-order valence-electron chi connectivity index (χ4n) is 2.42. The van der Waals surface area contributed by atoms with Gasteiger partial charge in [0, 0.05) is 12.4 Å². The molecule has 0 aliphatic carbocycles. The number of sulfonamides is 1. The van der Waals surface area contributed by atoms with Gasteiger partial charge in [0.25, 0.3) is 0 Å². The average Bonchev–Trinajstić information content (AvgIpc) is 2.99. The maximum atomic E-state index is 12.4. The third-order valence-electron chi connectivity index (χ3n) is 3.62. The molecule has 24 heavy (non-hydrogen) atoms. The lowest BCUT2D eigenvalue weighted by Crippen LogP contribution is -2.23. The molecule has 6 nitrogen and oxygen atoms in total. The summed E-state index contributed by atoms with van der Waals surface area (Å²) < 4.78 is 34.5. The molecule has 0 bridgehead atoms. The molecule has 2 heterocycles. The SMILES string of the molecule is CCOc1ccc(S(=O)(=O)NCc2cn3cccc(C)c3n2)cc1. The van der Waals surface area contributed by atoms with Crippen LogP contribution in [0.2, 0.25) is 0 Å². The molecule has 1 aromatic carbocycles. The van der Waals surface area contributed by atoms with Crippen molar-refractivity contribution in [1.82, 2.24) is 14.1 Å². The van der Waals surface area contributed by atoms with Crippen LogP contribution in [0.3, 0.4) is 0 Å². The van der Waals surface area contributed by atoms with Gasteiger partial charge < -0.3 is 9.14 Å². The van der Waals surface area contributed by atoms with Crippen molar-refractivity contribution in [2.24, 2.45) is 0 Å². The van der Waals surface area contributed by atoms with Gasteiger partial charge >= 0.3 is 0 Å². The lowest BCUT2D eigenvalue weighted by Gasteiger charge is -2.07. The number of nitrogens with one attached hydrogen (secondary N) is 1. The summed E-state index contributed by atoms with van der Waals surface area (Å²) in [6.45, 7) is 4.52. The van der Waals surface area contributed by atoms with Crippen LogP contribution in [0.15, 0.2) is 53.7 Å². The summed E-state index contributed by atoms with van der Waals surface area (Å²) in [5, 5.41) is 0. The Balaban J connectivity index is 1.75. The molecule has 0 spiro atoms. The first-order valence-electron chi connectivity index (χ1n) is 7.65. The van der Waals surface area contributed by atoms with E-state index in [-0.39, 0.29) is 11.4 Å². The molecule has 0 saturated carbocycles. The first kappa shape index (κ1) is 16.5. The minimum Gasteiger partial charge on any atom is -0.494 e. The highest BCUT2D eigenvalue weighted by molar-refractivity contribution is 7.89. The molecule has 0 aliphatic heterocycles. The Morgan fingerprint density at radius 1 is 1.21 bits per heavy atom. The van der Waals surface area contributed by atoms with Gasteiger partial charge in [-0.25, -0.2) is 18.1 Å². The number of aromatic nitrogens is 2. The number of nitrogens with zero attached hydrogens (tertiary/aromatic N) is 2. The molecule has 0 atom stereocenters. The van der Waals surface area contributed by atoms with E-state index in [2.05, 4.69) is 9.71 Å². The van der Waals surface area contributed by atoms with Gasteiger partial charge in [0.05, 0.1) is 23.7 Å². The number of hydrogen-bond donors (Lipinski definition) is 1. The van der Waals surface area contributed by atoms with E-state index in [1.165, 1.54) is 12.1 Å². The average molecular weight is 345 g/mol. The summed E-state index contributed by atoms with van der Waals surface area (Å²) in [6.07, 6.45) is 3.71. The number of fused-ring (bicyclic) bond motifs is 1. The van der Waals surface area contributed by atoms with Crippen molar-refractivity contribution >= 4 is 15.7 Å². The van der Waals surface area contributed by atoms with Crippen molar-refractivity contribution in [2.45, 2.75) is 25.3 Å². The summed E-state index contributed by atoms with van der Waals surface area (Å²) in [5.41, 5.74) is 2.53. The van der Waals surface area contributed by atoms with Crippen molar-refractivity contribution in [2.75, 3.05) is 6.61 Å². The van der Waals surface area contributed by atoms with Crippen LogP contribution < -0.4 is 9.46 Å². The van der Waals surface area contributed by atoms with Gasteiger partial charge in [-0.15, -0.1) is 0 Å². The Labute approximate surface area is 141 Å². The topological polar surface area (TPSA) is 72.7 Å². The van der Waals surface area contributed by atoms with E-state index >= 15 is 0 Å². The highest BCUT2D eigenvalue weighted by Crippen LogP contribution is 2.16. The van der Waals surface area contributed by atoms with E-state index in [1.807, 2.05) is 42.8 Å². The number of hydrogen-bond acceptors (Lipinski definition) is 4. The molecular formula is C17H19N3O3S. The summed E-state index contributed by atoms with van der Waals surface area (Å²) in [6, 6.07) is 10.2. The Morgan fingerprint density at radius 2 is 1.96 bits per heavy atom. The first-order valence-corrected chi connectivity index (χ1v) is 9.13. The van der Waals surface area contributed by atoms with E-state index < -0.39 is 10.0 Å². The zero-order valence-corrected chi connectivity index (χ0v) is 14.4. The molecule has 0 aliphatic rings. The molecule has 0 unspecified atom stereocenters. The predicted molar refractivity (Wildman–Crippen MR) is 91.6 cm³/mol. The Kier molecular flexibility index (Phi) is 4.55. The van der Waals surface area contributed by atoms with Crippen LogP contribution in [-0.4, -0.2) is 24.4 Å². The van der Waals surface area contributed by atoms with Crippen molar-refractivity contribution in [1.29, 1.82) is 0 Å². The standard InChI is InChI=1S/C17H19N3O3S/c1-3-23-15-6-8-16(9-7-15)24(21,22)18-11-14-12-20-10-4-5-13(2)17(20)19-14/h4-10,12,18H,3,11H2,1-2H3. The number of benzene rings is 1. The van der Waals surface area contributed by atoms with E-state index in [4.69, 9.17) is 4.74 Å². The minimum atomic E-state index is -3.59. The fraction of sp³-hybridized carbons (Fsp3) is 0.235. The minimum absolute atomic E-state index is 0.136. The van der Waals surface area contributed by atoms with Crippen LogP contribution in [0.25, 0.3) is 5.65 Å². The fourth-order valence-corrected chi connectivity index (χ4v) is 3.42. The molecule has 126 valence electrons. The van der Waals surface area contributed by atoms with Gasteiger partial charge in [-0.3, -0.25) is 0 Å². The molecule has 0 radical (unpaired) electrons. The Bertz CT molecular complexity index is 947. The summed E-state index contributed by atoms with van der Waals surface area (Å²) in [4.78, 5) is 4.66. The van der Waals surface area contributed by atoms with Crippen LogP contribution in [-0.2, 0) is 16.6 Å². The normalized spacial score (nSPS) is 11.8. The Hall–Kier alpha value is -2.38. The zero-order chi connectivity index (χ0) is 17.2. The number of aryl methyl sites for hydroxylation is 1. The van der Waals surface area contributed by atoms with Gasteiger partial charge in [0.15, 0.2) is 0 Å². The number of pyridine rings is 1. The molecule has 3 aromatic rings. The Morgan fingerprint density at radius 3 is 2.62 bits per heavy atom. The van der Waals surface area contributed by atoms with Crippen LogP contribution in [0, 0.1) is 6.92 Å². The lowest BCUT2D eigenvalue weighted by molar-refractivity contribution is 0.340. The van der Waals surface area contributed by atoms with Gasteiger partial charge in [0.2, 0.25) is 10.0 Å². The van der Waals surface area contributed by atoms with Crippen LogP contribution in [0.5, 0.6) is 5.75 Å². The monoisotopic (exact) mass is 345 g/mol. The maximum absolute atomic E-state index is 12.4. The third kappa shape index (κ3) is 3.42. The van der Waals surface area contributed by atoms with Crippen molar-refractivity contribution < 1.29 is 13.2 Å². The summed E-state index contributed by atoms with van der Waals surface area (Å²) in [7, 11) is -3.59. The van der Waals surface area contributed by atoms with Crippen molar-refractivity contribution in [3.63, 3.8) is 0 Å². The molecule has 2 aromatic heterocycles. The second-order valence-electron chi connectivity index (χ2n) is 5.38. The first-order chi connectivity index (χ1) is 11.5. The molecule has 0 fully saturated rings. The van der Waals surface area contributed by atoms with Gasteiger partial charge in [0.1, 0.15) is 11.4 Å². The molecular weight excluding hydrogens is 326 g/mol. The van der Waals surface area contributed by atoms with Crippen molar-refractivity contribution in [3.05, 3.63) is 60.0 Å². The summed E-state index contributed by atoms with van der Waals surface area (Å²) in [5.74, 6) is 0.646. The predicted octanol–water partition coefficient (Wildman–Crippen LogP) is 2.52. The van der Waals surface area contributed by atoms with Crippen LogP contribution in [0.1, 0.15) is 18.2 Å². The van der Waals surface area contributed by atoms with Crippen molar-refractivity contribution in [3.8, 4) is 5.75 Å². The number of ether oxygens (including phenoxy) is 1. The molecule has 0 amide bonds. The van der Waals surface area contributed by atoms with Crippen LogP contribution >= 0.6 is 0 Å². The molecule has 3 rings (SSSR count).